The first kappa shape index (κ1) is 18.0. The van der Waals surface area contributed by atoms with Crippen LogP contribution in [0.25, 0.3) is 0 Å². The molecule has 1 aromatic rings. The van der Waals surface area contributed by atoms with Crippen molar-refractivity contribution in [2.24, 2.45) is 11.8 Å². The first-order valence-electron chi connectivity index (χ1n) is 7.55. The van der Waals surface area contributed by atoms with Crippen LogP contribution in [0.1, 0.15) is 33.3 Å². The minimum atomic E-state index is -0.675. The molecule has 0 aliphatic rings. The predicted octanol–water partition coefficient (Wildman–Crippen LogP) is 4.07. The standard InChI is InChI=1S/C17H25NO4/c1-13(2)11-21-16(19)18(17(20)22-12-14(3)4)10-15-8-6-5-7-9-15/h5-9,13-14H,10-12H2,1-4H3. The fraction of sp³-hybridized carbons (Fsp3) is 0.529. The van der Waals surface area contributed by atoms with E-state index in [2.05, 4.69) is 0 Å². The highest BCUT2D eigenvalue weighted by Crippen LogP contribution is 2.10. The summed E-state index contributed by atoms with van der Waals surface area (Å²) in [6.07, 6.45) is -1.35. The molecule has 0 heterocycles. The summed E-state index contributed by atoms with van der Waals surface area (Å²) < 4.78 is 10.3. The van der Waals surface area contributed by atoms with E-state index >= 15 is 0 Å². The Morgan fingerprint density at radius 3 is 1.77 bits per heavy atom. The van der Waals surface area contributed by atoms with Crippen LogP contribution < -0.4 is 0 Å². The molecule has 0 spiro atoms. The molecule has 0 unspecified atom stereocenters. The summed E-state index contributed by atoms with van der Waals surface area (Å²) in [4.78, 5) is 25.3. The average Bonchev–Trinajstić information content (AvgIpc) is 2.48. The van der Waals surface area contributed by atoms with E-state index in [9.17, 15) is 9.59 Å². The zero-order chi connectivity index (χ0) is 16.5. The third-order valence-corrected chi connectivity index (χ3v) is 2.70. The van der Waals surface area contributed by atoms with E-state index in [0.29, 0.717) is 0 Å². The van der Waals surface area contributed by atoms with Gasteiger partial charge in [-0.25, -0.2) is 14.5 Å². The molecule has 0 bridgehead atoms. The molecule has 5 heteroatoms. The maximum absolute atomic E-state index is 12.1. The van der Waals surface area contributed by atoms with Crippen LogP contribution in [0.4, 0.5) is 9.59 Å². The van der Waals surface area contributed by atoms with Gasteiger partial charge in [-0.3, -0.25) is 0 Å². The predicted molar refractivity (Wildman–Crippen MR) is 84.4 cm³/mol. The van der Waals surface area contributed by atoms with Crippen LogP contribution in [-0.4, -0.2) is 30.3 Å². The van der Waals surface area contributed by atoms with Crippen molar-refractivity contribution in [1.29, 1.82) is 0 Å². The van der Waals surface area contributed by atoms with Crippen LogP contribution in [0.3, 0.4) is 0 Å². The lowest BCUT2D eigenvalue weighted by molar-refractivity contribution is 0.0641. The van der Waals surface area contributed by atoms with E-state index in [0.717, 1.165) is 10.5 Å². The molecule has 2 amide bonds. The normalized spacial score (nSPS) is 10.6. The van der Waals surface area contributed by atoms with E-state index in [-0.39, 0.29) is 31.6 Å². The van der Waals surface area contributed by atoms with Gasteiger partial charge < -0.3 is 9.47 Å². The van der Waals surface area contributed by atoms with E-state index in [1.54, 1.807) is 0 Å². The van der Waals surface area contributed by atoms with Crippen LogP contribution in [0.2, 0.25) is 0 Å². The average molecular weight is 307 g/mol. The van der Waals surface area contributed by atoms with Gasteiger partial charge in [0, 0.05) is 0 Å². The van der Waals surface area contributed by atoms with Gasteiger partial charge in [0.25, 0.3) is 0 Å². The van der Waals surface area contributed by atoms with Crippen molar-refractivity contribution >= 4 is 12.2 Å². The molecule has 22 heavy (non-hydrogen) atoms. The van der Waals surface area contributed by atoms with Crippen molar-refractivity contribution in [3.05, 3.63) is 35.9 Å². The molecule has 1 rings (SSSR count). The number of nitrogens with zero attached hydrogens (tertiary/aromatic N) is 1. The minimum absolute atomic E-state index is 0.134. The fourth-order valence-electron chi connectivity index (χ4n) is 1.60. The molecule has 0 aliphatic heterocycles. The van der Waals surface area contributed by atoms with Crippen LogP contribution in [0.15, 0.2) is 30.3 Å². The van der Waals surface area contributed by atoms with Crippen LogP contribution >= 0.6 is 0 Å². The van der Waals surface area contributed by atoms with Gasteiger partial charge in [0.1, 0.15) is 0 Å². The Bertz CT molecular complexity index is 447. The summed E-state index contributed by atoms with van der Waals surface area (Å²) in [6.45, 7) is 8.41. The summed E-state index contributed by atoms with van der Waals surface area (Å²) in [7, 11) is 0. The maximum Gasteiger partial charge on any atom is 0.419 e. The van der Waals surface area contributed by atoms with Gasteiger partial charge in [-0.15, -0.1) is 0 Å². The monoisotopic (exact) mass is 307 g/mol. The minimum Gasteiger partial charge on any atom is -0.449 e. The van der Waals surface area contributed by atoms with E-state index in [4.69, 9.17) is 9.47 Å². The summed E-state index contributed by atoms with van der Waals surface area (Å²) >= 11 is 0. The topological polar surface area (TPSA) is 55.8 Å². The van der Waals surface area contributed by atoms with Gasteiger partial charge in [-0.05, 0) is 17.4 Å². The van der Waals surface area contributed by atoms with E-state index < -0.39 is 12.2 Å². The first-order chi connectivity index (χ1) is 10.4. The largest absolute Gasteiger partial charge is 0.449 e. The van der Waals surface area contributed by atoms with Crippen molar-refractivity contribution in [3.63, 3.8) is 0 Å². The van der Waals surface area contributed by atoms with Crippen LogP contribution in [0.5, 0.6) is 0 Å². The molecule has 0 atom stereocenters. The Morgan fingerprint density at radius 2 is 1.36 bits per heavy atom. The van der Waals surface area contributed by atoms with E-state index in [1.165, 1.54) is 0 Å². The lowest BCUT2D eigenvalue weighted by Crippen LogP contribution is -2.38. The molecular formula is C17H25NO4. The number of imide groups is 1. The number of carbonyl (C=O) groups is 2. The smallest absolute Gasteiger partial charge is 0.419 e. The molecule has 0 fully saturated rings. The molecule has 0 aliphatic carbocycles. The highest BCUT2D eigenvalue weighted by atomic mass is 16.6. The van der Waals surface area contributed by atoms with Crippen LogP contribution in [-0.2, 0) is 16.0 Å². The second kappa shape index (κ2) is 9.07. The molecule has 5 nitrogen and oxygen atoms in total. The van der Waals surface area contributed by atoms with Gasteiger partial charge in [0.2, 0.25) is 0 Å². The molecule has 0 saturated heterocycles. The molecule has 122 valence electrons. The number of rotatable bonds is 6. The Hall–Kier alpha value is -2.04. The molecule has 0 radical (unpaired) electrons. The Morgan fingerprint density at radius 1 is 0.909 bits per heavy atom. The number of amides is 2. The SMILES string of the molecule is CC(C)COC(=O)N(Cc1ccccc1)C(=O)OCC(C)C. The molecular weight excluding hydrogens is 282 g/mol. The lowest BCUT2D eigenvalue weighted by Gasteiger charge is -2.21. The zero-order valence-electron chi connectivity index (χ0n) is 13.7. The Balaban J connectivity index is 2.75. The maximum atomic E-state index is 12.1. The first-order valence-corrected chi connectivity index (χ1v) is 7.55. The van der Waals surface area contributed by atoms with Crippen molar-refractivity contribution in [2.45, 2.75) is 34.2 Å². The van der Waals surface area contributed by atoms with Gasteiger partial charge in [0.05, 0.1) is 19.8 Å². The van der Waals surface area contributed by atoms with Crippen molar-refractivity contribution in [1.82, 2.24) is 4.90 Å². The fourth-order valence-corrected chi connectivity index (χ4v) is 1.60. The summed E-state index contributed by atoms with van der Waals surface area (Å²) in [5.74, 6) is 0.406. The molecule has 0 N–H and O–H groups in total. The van der Waals surface area contributed by atoms with Gasteiger partial charge >= 0.3 is 12.2 Å². The number of carbonyl (C=O) groups excluding carboxylic acids is 2. The Kier molecular flexibility index (Phi) is 7.43. The van der Waals surface area contributed by atoms with Crippen molar-refractivity contribution in [3.8, 4) is 0 Å². The van der Waals surface area contributed by atoms with Crippen molar-refractivity contribution in [2.75, 3.05) is 13.2 Å². The summed E-state index contributed by atoms with van der Waals surface area (Å²) in [5, 5.41) is 0. The van der Waals surface area contributed by atoms with E-state index in [1.807, 2.05) is 58.0 Å². The molecule has 1 aromatic carbocycles. The third-order valence-electron chi connectivity index (χ3n) is 2.70. The van der Waals surface area contributed by atoms with Crippen LogP contribution in [0, 0.1) is 11.8 Å². The van der Waals surface area contributed by atoms with Gasteiger partial charge in [-0.1, -0.05) is 58.0 Å². The highest BCUT2D eigenvalue weighted by Gasteiger charge is 2.25. The van der Waals surface area contributed by atoms with Crippen molar-refractivity contribution < 1.29 is 19.1 Å². The number of hydrogen-bond acceptors (Lipinski definition) is 4. The lowest BCUT2D eigenvalue weighted by atomic mass is 10.2. The highest BCUT2D eigenvalue weighted by molar-refractivity contribution is 5.87. The Labute approximate surface area is 132 Å². The quantitative estimate of drug-likeness (QED) is 0.795. The third kappa shape index (κ3) is 6.61. The second-order valence-corrected chi connectivity index (χ2v) is 6.01. The number of benzene rings is 1. The summed E-state index contributed by atoms with van der Waals surface area (Å²) in [5.41, 5.74) is 0.838. The molecule has 0 saturated carbocycles. The van der Waals surface area contributed by atoms with Gasteiger partial charge in [-0.2, -0.15) is 0 Å². The zero-order valence-corrected chi connectivity index (χ0v) is 13.7. The number of ether oxygens (including phenoxy) is 2. The summed E-state index contributed by atoms with van der Waals surface area (Å²) in [6, 6.07) is 9.28. The molecule has 0 aromatic heterocycles. The second-order valence-electron chi connectivity index (χ2n) is 6.01. The van der Waals surface area contributed by atoms with Gasteiger partial charge in [0.15, 0.2) is 0 Å². The number of hydrogen-bond donors (Lipinski definition) is 0.